The average Bonchev–Trinajstić information content (AvgIpc) is 3.43. The Morgan fingerprint density at radius 1 is 0.821 bits per heavy atom. The highest BCUT2D eigenvalue weighted by molar-refractivity contribution is 7.14. The zero-order valence-electron chi connectivity index (χ0n) is 26.8. The first-order valence-electron chi connectivity index (χ1n) is 14.5. The van der Waals surface area contributed by atoms with Gasteiger partial charge in [0.1, 0.15) is 0 Å². The monoisotopic (exact) mass is 468 g/mol. The summed E-state index contributed by atoms with van der Waals surface area (Å²) in [6.45, 7) is 0. The first kappa shape index (κ1) is 11.1. The molecule has 0 spiro atoms. The summed E-state index contributed by atoms with van der Waals surface area (Å²) in [6.07, 6.45) is -15.1. The van der Waals surface area contributed by atoms with Gasteiger partial charge < -0.3 is 0 Å². The molecule has 0 atom stereocenters. The molecule has 6 heteroatoms. The van der Waals surface area contributed by atoms with Gasteiger partial charge in [0.15, 0.2) is 11.6 Å². The van der Waals surface area contributed by atoms with Crippen molar-refractivity contribution >= 4 is 57.4 Å². The molecule has 2 aliphatic carbocycles. The average molecular weight is 470 g/mol. The van der Waals surface area contributed by atoms with E-state index in [1.54, 1.807) is 0 Å². The summed E-state index contributed by atoms with van der Waals surface area (Å²) in [7, 11) is 0. The van der Waals surface area contributed by atoms with Gasteiger partial charge in [0.05, 0.1) is 9.75 Å². The molecule has 0 saturated heterocycles. The van der Waals surface area contributed by atoms with E-state index in [0.29, 0.717) is 19.5 Å². The van der Waals surface area contributed by atoms with Crippen LogP contribution < -0.4 is 0 Å². The molecule has 2 aromatic rings. The lowest BCUT2D eigenvalue weighted by Crippen LogP contribution is -1.97. The third-order valence-corrected chi connectivity index (χ3v) is 6.61. The van der Waals surface area contributed by atoms with E-state index in [1.165, 1.54) is 12.1 Å². The van der Waals surface area contributed by atoms with Crippen LogP contribution in [0.1, 0.15) is 95.0 Å². The van der Waals surface area contributed by atoms with E-state index in [2.05, 4.69) is 0 Å². The fourth-order valence-corrected chi connectivity index (χ4v) is 4.88. The van der Waals surface area contributed by atoms with Crippen molar-refractivity contribution in [2.75, 3.05) is 11.8 Å². The summed E-state index contributed by atoms with van der Waals surface area (Å²) in [5.74, 6) is -0.126. The van der Waals surface area contributed by atoms with Gasteiger partial charge in [0.25, 0.3) is 0 Å². The Labute approximate surface area is 202 Å². The molecule has 0 amide bonds. The highest BCUT2D eigenvalue weighted by Crippen LogP contribution is 2.31. The number of hydrogen-bond donors (Lipinski definition) is 0. The van der Waals surface area contributed by atoms with Crippen molar-refractivity contribution in [2.24, 2.45) is 0 Å². The summed E-state index contributed by atoms with van der Waals surface area (Å²) in [4.78, 5) is 25.0. The molecule has 0 aliphatic heterocycles. The smallest absolute Gasteiger partial charge is 0.173 e. The Morgan fingerprint density at radius 2 is 1.25 bits per heavy atom. The van der Waals surface area contributed by atoms with Crippen LogP contribution in [0.5, 0.6) is 0 Å². The Kier molecular flexibility index (Phi) is 4.32. The SMILES string of the molecule is [2H]C1([2H])Cc2sc(C(=O)CCCl)cc2C([2H])([2H])C1([2H])[2H].[2H]C1([2H])Cc2sc(C(=O)CCCl)cc2C([2H])([2H])C1([2H])[2H]. The van der Waals surface area contributed by atoms with Crippen LogP contribution in [0.3, 0.4) is 0 Å². The van der Waals surface area contributed by atoms with Gasteiger partial charge >= 0.3 is 0 Å². The number of halogens is 2. The van der Waals surface area contributed by atoms with Crippen LogP contribution in [-0.2, 0) is 25.6 Å². The summed E-state index contributed by atoms with van der Waals surface area (Å²) >= 11 is 13.1. The van der Waals surface area contributed by atoms with Crippen LogP contribution >= 0.6 is 45.9 Å². The van der Waals surface area contributed by atoms with Crippen molar-refractivity contribution < 1.29 is 26.0 Å². The second-order valence-electron chi connectivity index (χ2n) is 5.83. The molecule has 2 aromatic heterocycles. The number of aryl methyl sites for hydroxylation is 4. The van der Waals surface area contributed by atoms with E-state index in [4.69, 9.17) is 39.7 Å². The molecule has 28 heavy (non-hydrogen) atoms. The number of carbonyl (C=O) groups excluding carboxylic acids is 2. The molecule has 152 valence electrons. The van der Waals surface area contributed by atoms with Gasteiger partial charge in [0, 0.05) is 50.8 Å². The van der Waals surface area contributed by atoms with Crippen molar-refractivity contribution in [3.05, 3.63) is 42.8 Å². The quantitative estimate of drug-likeness (QED) is 0.341. The summed E-state index contributed by atoms with van der Waals surface area (Å²) in [5, 5.41) is 0. The van der Waals surface area contributed by atoms with Crippen LogP contribution in [0.2, 0.25) is 0 Å². The van der Waals surface area contributed by atoms with E-state index in [9.17, 15) is 9.59 Å². The Morgan fingerprint density at radius 3 is 1.64 bits per heavy atom. The Bertz CT molecular complexity index is 1200. The van der Waals surface area contributed by atoms with Crippen LogP contribution in [-0.4, -0.2) is 23.3 Å². The fourth-order valence-electron chi connectivity index (χ4n) is 2.50. The predicted molar refractivity (Wildman–Crippen MR) is 121 cm³/mol. The Hall–Kier alpha value is -0.680. The highest BCUT2D eigenvalue weighted by atomic mass is 35.5. The third-order valence-electron chi connectivity index (χ3n) is 3.88. The lowest BCUT2D eigenvalue weighted by molar-refractivity contribution is 0.0985. The van der Waals surface area contributed by atoms with Crippen molar-refractivity contribution in [1.82, 2.24) is 0 Å². The van der Waals surface area contributed by atoms with Crippen LogP contribution in [0, 0.1) is 0 Å². The summed E-state index contributed by atoms with van der Waals surface area (Å²) < 4.78 is 93.9. The number of fused-ring (bicyclic) bond motifs is 2. The molecular formula is C22H26Cl2O2S2. The number of hydrogen-bond acceptors (Lipinski definition) is 4. The molecule has 4 rings (SSSR count). The number of ketones is 2. The molecule has 0 aromatic carbocycles. The maximum atomic E-state index is 11.8. The molecule has 2 heterocycles. The number of carbonyl (C=O) groups is 2. The first-order chi connectivity index (χ1) is 18.1. The van der Waals surface area contributed by atoms with Crippen molar-refractivity contribution in [3.8, 4) is 0 Å². The number of rotatable bonds is 6. The summed E-state index contributed by atoms with van der Waals surface area (Å²) in [6, 6.07) is 2.70. The first-order valence-corrected chi connectivity index (χ1v) is 11.2. The van der Waals surface area contributed by atoms with Crippen molar-refractivity contribution in [1.29, 1.82) is 0 Å². The molecule has 0 saturated carbocycles. The molecule has 0 fully saturated rings. The van der Waals surface area contributed by atoms with Gasteiger partial charge in [-0.2, -0.15) is 0 Å². The van der Waals surface area contributed by atoms with E-state index in [0.717, 1.165) is 22.7 Å². The highest BCUT2D eigenvalue weighted by Gasteiger charge is 2.17. The molecule has 2 aliphatic rings. The maximum absolute atomic E-state index is 11.8. The third kappa shape index (κ3) is 5.69. The van der Waals surface area contributed by atoms with Crippen LogP contribution in [0.15, 0.2) is 12.1 Å². The zero-order chi connectivity index (χ0) is 30.7. The topological polar surface area (TPSA) is 34.1 Å². The van der Waals surface area contributed by atoms with Gasteiger partial charge in [-0.05, 0) is 74.3 Å². The van der Waals surface area contributed by atoms with Gasteiger partial charge in [-0.1, -0.05) is 0 Å². The molecular weight excluding hydrogens is 431 g/mol. The fraction of sp³-hybridized carbons (Fsp3) is 0.545. The minimum atomic E-state index is -2.65. The van der Waals surface area contributed by atoms with Crippen LogP contribution in [0.25, 0.3) is 0 Å². The zero-order valence-corrected chi connectivity index (χ0v) is 17.9. The second kappa shape index (κ2) is 10.9. The van der Waals surface area contributed by atoms with Gasteiger partial charge in [-0.25, -0.2) is 0 Å². The minimum Gasteiger partial charge on any atom is -0.293 e. The molecule has 0 radical (unpaired) electrons. The number of Topliss-reactive ketones (excluding diaryl/α,β-unsaturated/α-hetero) is 2. The molecule has 0 unspecified atom stereocenters. The van der Waals surface area contributed by atoms with E-state index >= 15 is 0 Å². The summed E-state index contributed by atoms with van der Waals surface area (Å²) in [5.41, 5.74) is 0.168. The largest absolute Gasteiger partial charge is 0.293 e. The van der Waals surface area contributed by atoms with Crippen molar-refractivity contribution in [3.63, 3.8) is 0 Å². The number of thiophene rings is 2. The molecule has 2 nitrogen and oxygen atoms in total. The van der Waals surface area contributed by atoms with E-state index < -0.39 is 38.2 Å². The van der Waals surface area contributed by atoms with Gasteiger partial charge in [0.2, 0.25) is 0 Å². The van der Waals surface area contributed by atoms with Crippen LogP contribution in [0.4, 0.5) is 0 Å². The second-order valence-corrected chi connectivity index (χ2v) is 8.86. The van der Waals surface area contributed by atoms with Gasteiger partial charge in [-0.3, -0.25) is 9.59 Å². The standard InChI is InChI=1S/2C11H13ClOS/c2*12-6-5-9(13)11-7-8-3-1-2-4-10(8)14-11/h2*7H,1-6H2/i2*1D2,2D2,3D2. The lowest BCUT2D eigenvalue weighted by Gasteiger charge is -2.08. The normalized spacial score (nSPS) is 32.4. The van der Waals surface area contributed by atoms with Gasteiger partial charge in [-0.15, -0.1) is 45.9 Å². The minimum absolute atomic E-state index is 0.0838. The molecule has 0 N–H and O–H groups in total. The number of alkyl halides is 2. The van der Waals surface area contributed by atoms with Crippen molar-refractivity contribution in [2.45, 2.75) is 63.9 Å². The van der Waals surface area contributed by atoms with E-state index in [1.807, 2.05) is 0 Å². The predicted octanol–water partition coefficient (Wildman–Crippen LogP) is 6.88. The molecule has 0 bridgehead atoms. The van der Waals surface area contributed by atoms with E-state index in [-0.39, 0.29) is 60.1 Å². The maximum Gasteiger partial charge on any atom is 0.173 e. The lowest BCUT2D eigenvalue weighted by atomic mass is 9.99. The Balaban J connectivity index is 0.000000220.